The molecule has 2 amide bonds. The molecule has 1 aromatic heterocycles. The summed E-state index contributed by atoms with van der Waals surface area (Å²) in [5.41, 5.74) is 1.65. The number of methoxy groups -OCH3 is 1. The van der Waals surface area contributed by atoms with Crippen molar-refractivity contribution in [1.29, 1.82) is 0 Å². The average Bonchev–Trinajstić information content (AvgIpc) is 3.18. The molecule has 8 nitrogen and oxygen atoms in total. The summed E-state index contributed by atoms with van der Waals surface area (Å²) in [7, 11) is 1.63. The fraction of sp³-hybridized carbons (Fsp3) is 0.333. The molecular weight excluding hydrogens is 461 g/mol. The zero-order valence-electron chi connectivity index (χ0n) is 20.6. The molecule has 1 fully saturated rings. The Morgan fingerprint density at radius 2 is 1.83 bits per heavy atom. The molecule has 4 rings (SSSR count). The summed E-state index contributed by atoms with van der Waals surface area (Å²) in [5.74, 6) is 0.292. The van der Waals surface area contributed by atoms with Gasteiger partial charge in [0.05, 0.1) is 18.4 Å². The van der Waals surface area contributed by atoms with Crippen LogP contribution in [0.15, 0.2) is 60.7 Å². The zero-order chi connectivity index (χ0) is 25.5. The Kier molecular flexibility index (Phi) is 8.10. The monoisotopic (exact) mass is 491 g/mol. The molecule has 1 aliphatic rings. The molecule has 1 saturated heterocycles. The van der Waals surface area contributed by atoms with Gasteiger partial charge in [-0.3, -0.25) is 9.59 Å². The van der Waals surface area contributed by atoms with E-state index in [1.807, 2.05) is 36.4 Å². The minimum absolute atomic E-state index is 0.0230. The lowest BCUT2D eigenvalue weighted by atomic mass is 10.1. The maximum absolute atomic E-state index is 14.1. The van der Waals surface area contributed by atoms with Crippen LogP contribution in [0.4, 0.5) is 10.2 Å². The summed E-state index contributed by atoms with van der Waals surface area (Å²) in [6, 6.07) is 17.4. The third-order valence-corrected chi connectivity index (χ3v) is 6.29. The van der Waals surface area contributed by atoms with Crippen LogP contribution in [-0.4, -0.2) is 78.2 Å². The van der Waals surface area contributed by atoms with Crippen molar-refractivity contribution in [2.24, 2.45) is 0 Å². The van der Waals surface area contributed by atoms with Gasteiger partial charge in [-0.1, -0.05) is 24.3 Å². The van der Waals surface area contributed by atoms with Crippen LogP contribution in [0.25, 0.3) is 11.3 Å². The van der Waals surface area contributed by atoms with E-state index in [-0.39, 0.29) is 18.0 Å². The van der Waals surface area contributed by atoms with E-state index in [4.69, 9.17) is 4.74 Å². The molecule has 0 spiro atoms. The van der Waals surface area contributed by atoms with Crippen molar-refractivity contribution in [3.63, 3.8) is 0 Å². The van der Waals surface area contributed by atoms with Crippen LogP contribution in [0, 0.1) is 5.82 Å². The van der Waals surface area contributed by atoms with E-state index >= 15 is 0 Å². The molecule has 9 heteroatoms. The number of nitrogens with zero attached hydrogens (tertiary/aromatic N) is 5. The van der Waals surface area contributed by atoms with E-state index < -0.39 is 11.7 Å². The summed E-state index contributed by atoms with van der Waals surface area (Å²) >= 11 is 0. The molecule has 0 radical (unpaired) electrons. The number of rotatable bonds is 7. The maximum Gasteiger partial charge on any atom is 0.257 e. The molecular formula is C27H30FN5O3. The molecule has 3 aromatic rings. The van der Waals surface area contributed by atoms with Crippen molar-refractivity contribution in [3.8, 4) is 17.0 Å². The molecule has 0 atom stereocenters. The van der Waals surface area contributed by atoms with Crippen LogP contribution in [0.5, 0.6) is 5.75 Å². The van der Waals surface area contributed by atoms with Crippen molar-refractivity contribution >= 4 is 17.6 Å². The van der Waals surface area contributed by atoms with E-state index in [2.05, 4.69) is 15.1 Å². The second kappa shape index (κ2) is 11.6. The Balaban J connectivity index is 1.37. The van der Waals surface area contributed by atoms with Gasteiger partial charge in [0, 0.05) is 38.3 Å². The Hall–Kier alpha value is -4.01. The summed E-state index contributed by atoms with van der Waals surface area (Å²) in [6.45, 7) is 4.44. The van der Waals surface area contributed by atoms with E-state index in [1.54, 1.807) is 25.0 Å². The summed E-state index contributed by atoms with van der Waals surface area (Å²) < 4.78 is 19.4. The van der Waals surface area contributed by atoms with Gasteiger partial charge in [0.1, 0.15) is 18.1 Å². The van der Waals surface area contributed by atoms with Crippen molar-refractivity contribution < 1.29 is 18.7 Å². The molecule has 0 saturated carbocycles. The van der Waals surface area contributed by atoms with Crippen molar-refractivity contribution in [2.75, 3.05) is 51.3 Å². The summed E-state index contributed by atoms with van der Waals surface area (Å²) in [4.78, 5) is 31.0. The van der Waals surface area contributed by atoms with Crippen LogP contribution in [0.3, 0.4) is 0 Å². The first-order valence-electron chi connectivity index (χ1n) is 12.0. The number of carbonyl (C=O) groups is 2. The number of ether oxygens (including phenoxy) is 1. The number of hydrogen-bond acceptors (Lipinski definition) is 6. The second-order valence-corrected chi connectivity index (χ2v) is 8.53. The molecule has 36 heavy (non-hydrogen) atoms. The number of anilines is 1. The topological polar surface area (TPSA) is 78.9 Å². The standard InChI is InChI=1S/C27H30FN5O3/c1-3-31(27(35)22-10-4-5-11-23(22)28)19-26(34)33-15-7-14-32(16-17-33)25-13-12-24(29-30-25)20-8-6-9-21(18-20)36-2/h4-6,8-13,18H,3,7,14-17,19H2,1-2H3. The van der Waals surface area contributed by atoms with E-state index in [0.29, 0.717) is 26.2 Å². The van der Waals surface area contributed by atoms with Crippen LogP contribution in [0.1, 0.15) is 23.7 Å². The summed E-state index contributed by atoms with van der Waals surface area (Å²) in [6.07, 6.45) is 0.762. The number of hydrogen-bond donors (Lipinski definition) is 0. The summed E-state index contributed by atoms with van der Waals surface area (Å²) in [5, 5.41) is 8.80. The van der Waals surface area contributed by atoms with Crippen molar-refractivity contribution in [3.05, 3.63) is 72.0 Å². The average molecular weight is 492 g/mol. The Morgan fingerprint density at radius 1 is 1.00 bits per heavy atom. The SMILES string of the molecule is CCN(CC(=O)N1CCCN(c2ccc(-c3cccc(OC)c3)nn2)CC1)C(=O)c1ccccc1F. The molecule has 0 N–H and O–H groups in total. The fourth-order valence-electron chi connectivity index (χ4n) is 4.22. The van der Waals surface area contributed by atoms with Gasteiger partial charge in [-0.05, 0) is 49.7 Å². The highest BCUT2D eigenvalue weighted by Crippen LogP contribution is 2.23. The van der Waals surface area contributed by atoms with Crippen molar-refractivity contribution in [1.82, 2.24) is 20.0 Å². The number of benzene rings is 2. The van der Waals surface area contributed by atoms with Gasteiger partial charge in [-0.25, -0.2) is 4.39 Å². The van der Waals surface area contributed by atoms with Crippen LogP contribution >= 0.6 is 0 Å². The van der Waals surface area contributed by atoms with Gasteiger partial charge in [-0.2, -0.15) is 0 Å². The van der Waals surface area contributed by atoms with Gasteiger partial charge in [0.25, 0.3) is 5.91 Å². The molecule has 2 aromatic carbocycles. The predicted octanol–water partition coefficient (Wildman–Crippen LogP) is 3.49. The Bertz CT molecular complexity index is 1200. The normalized spacial score (nSPS) is 13.8. The molecule has 188 valence electrons. The first-order valence-corrected chi connectivity index (χ1v) is 12.0. The lowest BCUT2D eigenvalue weighted by Crippen LogP contribution is -2.44. The first-order chi connectivity index (χ1) is 17.5. The third-order valence-electron chi connectivity index (χ3n) is 6.29. The third kappa shape index (κ3) is 5.79. The number of aromatic nitrogens is 2. The van der Waals surface area contributed by atoms with E-state index in [0.717, 1.165) is 35.8 Å². The smallest absolute Gasteiger partial charge is 0.257 e. The highest BCUT2D eigenvalue weighted by atomic mass is 19.1. The molecule has 1 aliphatic heterocycles. The van der Waals surface area contributed by atoms with Crippen LogP contribution < -0.4 is 9.64 Å². The van der Waals surface area contributed by atoms with Crippen LogP contribution in [-0.2, 0) is 4.79 Å². The number of likely N-dealkylation sites (N-methyl/N-ethyl adjacent to an activating group) is 1. The lowest BCUT2D eigenvalue weighted by Gasteiger charge is -2.26. The lowest BCUT2D eigenvalue weighted by molar-refractivity contribution is -0.131. The Labute approximate surface area is 210 Å². The van der Waals surface area contributed by atoms with Gasteiger partial charge in [0.2, 0.25) is 5.91 Å². The predicted molar refractivity (Wildman–Crippen MR) is 135 cm³/mol. The van der Waals surface area contributed by atoms with Crippen molar-refractivity contribution in [2.45, 2.75) is 13.3 Å². The molecule has 0 bridgehead atoms. The highest BCUT2D eigenvalue weighted by molar-refractivity contribution is 5.96. The van der Waals surface area contributed by atoms with Crippen LogP contribution in [0.2, 0.25) is 0 Å². The van der Waals surface area contributed by atoms with E-state index in [1.165, 1.54) is 23.1 Å². The minimum atomic E-state index is -0.586. The fourth-order valence-corrected chi connectivity index (χ4v) is 4.22. The van der Waals surface area contributed by atoms with Gasteiger partial charge < -0.3 is 19.4 Å². The number of halogens is 1. The van der Waals surface area contributed by atoms with Gasteiger partial charge >= 0.3 is 0 Å². The first kappa shape index (κ1) is 25.1. The second-order valence-electron chi connectivity index (χ2n) is 8.53. The molecule has 0 unspecified atom stereocenters. The minimum Gasteiger partial charge on any atom is -0.497 e. The largest absolute Gasteiger partial charge is 0.497 e. The molecule has 2 heterocycles. The molecule has 0 aliphatic carbocycles. The zero-order valence-corrected chi connectivity index (χ0v) is 20.6. The Morgan fingerprint density at radius 3 is 2.56 bits per heavy atom. The van der Waals surface area contributed by atoms with E-state index in [9.17, 15) is 14.0 Å². The maximum atomic E-state index is 14.1. The quantitative estimate of drug-likeness (QED) is 0.504. The van der Waals surface area contributed by atoms with Gasteiger partial charge in [-0.15, -0.1) is 10.2 Å². The number of amides is 2. The number of carbonyl (C=O) groups excluding carboxylic acids is 2. The highest BCUT2D eigenvalue weighted by Gasteiger charge is 2.25. The van der Waals surface area contributed by atoms with Gasteiger partial charge in [0.15, 0.2) is 5.82 Å².